The molecule has 2 amide bonds. The van der Waals surface area contributed by atoms with Crippen LogP contribution in [0.4, 0.5) is 5.69 Å². The van der Waals surface area contributed by atoms with Crippen LogP contribution in [-0.2, 0) is 4.79 Å². The summed E-state index contributed by atoms with van der Waals surface area (Å²) in [4.78, 5) is 27.3. The van der Waals surface area contributed by atoms with E-state index < -0.39 is 0 Å². The van der Waals surface area contributed by atoms with E-state index in [0.29, 0.717) is 16.9 Å². The predicted octanol–water partition coefficient (Wildman–Crippen LogP) is 5.01. The number of carbonyl (C=O) groups excluding carboxylic acids is 2. The summed E-state index contributed by atoms with van der Waals surface area (Å²) in [5.74, 6) is -0.572. The molecule has 3 aromatic carbocycles. The van der Waals surface area contributed by atoms with Crippen LogP contribution in [0.5, 0.6) is 0 Å². The van der Waals surface area contributed by atoms with Crippen LogP contribution in [0, 0.1) is 0 Å². The van der Waals surface area contributed by atoms with Crippen LogP contribution < -0.4 is 5.32 Å². The van der Waals surface area contributed by atoms with E-state index in [4.69, 9.17) is 0 Å². The number of amides is 2. The molecule has 160 valence electrons. The van der Waals surface area contributed by atoms with Gasteiger partial charge in [0.15, 0.2) is 0 Å². The molecule has 0 saturated heterocycles. The smallest absolute Gasteiger partial charge is 0.257 e. The molecular formula is C25H21BrN4O2. The molecular weight excluding hydrogens is 468 g/mol. The normalized spacial score (nSPS) is 10.6. The number of halogens is 1. The van der Waals surface area contributed by atoms with E-state index in [-0.39, 0.29) is 18.4 Å². The van der Waals surface area contributed by atoms with Crippen molar-refractivity contribution in [3.8, 4) is 16.9 Å². The fourth-order valence-corrected chi connectivity index (χ4v) is 3.68. The molecule has 0 atom stereocenters. The first kappa shape index (κ1) is 21.5. The van der Waals surface area contributed by atoms with E-state index in [1.165, 1.54) is 4.90 Å². The molecule has 0 spiro atoms. The number of nitrogens with zero attached hydrogens (tertiary/aromatic N) is 3. The number of nitrogens with one attached hydrogen (secondary N) is 1. The lowest BCUT2D eigenvalue weighted by molar-refractivity contribution is -0.116. The first-order chi connectivity index (χ1) is 15.5. The van der Waals surface area contributed by atoms with Crippen molar-refractivity contribution in [2.75, 3.05) is 18.9 Å². The fourth-order valence-electron chi connectivity index (χ4n) is 3.30. The zero-order valence-corrected chi connectivity index (χ0v) is 19.0. The van der Waals surface area contributed by atoms with Gasteiger partial charge in [-0.25, -0.2) is 4.68 Å². The molecule has 0 saturated carbocycles. The molecule has 32 heavy (non-hydrogen) atoms. The molecule has 0 bridgehead atoms. The third-order valence-corrected chi connectivity index (χ3v) is 5.58. The van der Waals surface area contributed by atoms with Crippen molar-refractivity contribution < 1.29 is 9.59 Å². The Morgan fingerprint density at radius 3 is 2.25 bits per heavy atom. The van der Waals surface area contributed by atoms with Crippen molar-refractivity contribution in [2.24, 2.45) is 0 Å². The highest BCUT2D eigenvalue weighted by Gasteiger charge is 2.23. The largest absolute Gasteiger partial charge is 0.332 e. The minimum absolute atomic E-state index is 0.0923. The summed E-state index contributed by atoms with van der Waals surface area (Å²) in [7, 11) is 1.61. The Morgan fingerprint density at radius 1 is 0.938 bits per heavy atom. The highest BCUT2D eigenvalue weighted by Crippen LogP contribution is 2.25. The SMILES string of the molecule is CN(CC(=O)Nc1ccccc1Br)C(=O)c1cn(-c2ccccc2)nc1-c1ccccc1. The first-order valence-electron chi connectivity index (χ1n) is 10.0. The van der Waals surface area contributed by atoms with Gasteiger partial charge in [-0.05, 0) is 40.2 Å². The van der Waals surface area contributed by atoms with Crippen molar-refractivity contribution in [1.29, 1.82) is 0 Å². The molecule has 0 radical (unpaired) electrons. The second-order valence-corrected chi connectivity index (χ2v) is 8.08. The quantitative estimate of drug-likeness (QED) is 0.414. The molecule has 6 nitrogen and oxygen atoms in total. The number of para-hydroxylation sites is 2. The fraction of sp³-hybridized carbons (Fsp3) is 0.0800. The number of rotatable bonds is 6. The van der Waals surface area contributed by atoms with Crippen molar-refractivity contribution >= 4 is 33.4 Å². The Bertz CT molecular complexity index is 1240. The van der Waals surface area contributed by atoms with Gasteiger partial charge >= 0.3 is 0 Å². The number of anilines is 1. The molecule has 4 aromatic rings. The Morgan fingerprint density at radius 2 is 1.56 bits per heavy atom. The first-order valence-corrected chi connectivity index (χ1v) is 10.8. The summed E-state index contributed by atoms with van der Waals surface area (Å²) in [5.41, 5.74) is 3.32. The van der Waals surface area contributed by atoms with Gasteiger partial charge in [0.25, 0.3) is 5.91 Å². The number of hydrogen-bond acceptors (Lipinski definition) is 3. The predicted molar refractivity (Wildman–Crippen MR) is 129 cm³/mol. The maximum absolute atomic E-state index is 13.3. The van der Waals surface area contributed by atoms with Crippen molar-refractivity contribution in [3.63, 3.8) is 0 Å². The van der Waals surface area contributed by atoms with Gasteiger partial charge in [-0.15, -0.1) is 0 Å². The Balaban J connectivity index is 1.60. The van der Waals surface area contributed by atoms with E-state index in [9.17, 15) is 9.59 Å². The lowest BCUT2D eigenvalue weighted by Gasteiger charge is -2.17. The third-order valence-electron chi connectivity index (χ3n) is 4.89. The second kappa shape index (κ2) is 9.62. The van der Waals surface area contributed by atoms with E-state index in [2.05, 4.69) is 26.3 Å². The van der Waals surface area contributed by atoms with Gasteiger partial charge in [-0.1, -0.05) is 60.7 Å². The molecule has 0 unspecified atom stereocenters. The number of likely N-dealkylation sites (N-methyl/N-ethyl adjacent to an activating group) is 1. The molecule has 0 aliphatic heterocycles. The number of aromatic nitrogens is 2. The topological polar surface area (TPSA) is 67.2 Å². The van der Waals surface area contributed by atoms with E-state index in [0.717, 1.165) is 15.7 Å². The van der Waals surface area contributed by atoms with Crippen LogP contribution >= 0.6 is 15.9 Å². The van der Waals surface area contributed by atoms with E-state index in [1.54, 1.807) is 24.0 Å². The van der Waals surface area contributed by atoms with Crippen LogP contribution in [0.25, 0.3) is 16.9 Å². The summed E-state index contributed by atoms with van der Waals surface area (Å²) < 4.78 is 2.46. The van der Waals surface area contributed by atoms with Crippen molar-refractivity contribution in [3.05, 3.63) is 101 Å². The zero-order valence-electron chi connectivity index (χ0n) is 17.4. The summed E-state index contributed by atoms with van der Waals surface area (Å²) in [5, 5.41) is 7.50. The Hall–Kier alpha value is -3.71. The minimum Gasteiger partial charge on any atom is -0.332 e. The molecule has 0 fully saturated rings. The molecule has 0 aliphatic rings. The minimum atomic E-state index is -0.288. The Kier molecular flexibility index (Phi) is 6.47. The standard InChI is InChI=1S/C25H21BrN4O2/c1-29(17-23(31)27-22-15-9-8-14-21(22)26)25(32)20-16-30(19-12-6-3-7-13-19)28-24(20)18-10-4-2-5-11-18/h2-16H,17H2,1H3,(H,27,31). The molecule has 1 N–H and O–H groups in total. The van der Waals surface area contributed by atoms with Crippen LogP contribution in [0.2, 0.25) is 0 Å². The highest BCUT2D eigenvalue weighted by molar-refractivity contribution is 9.10. The summed E-state index contributed by atoms with van der Waals surface area (Å²) in [6.07, 6.45) is 1.71. The Labute approximate surface area is 194 Å². The van der Waals surface area contributed by atoms with Crippen molar-refractivity contribution in [1.82, 2.24) is 14.7 Å². The molecule has 4 rings (SSSR count). The van der Waals surface area contributed by atoms with Gasteiger partial charge in [0.1, 0.15) is 5.69 Å². The average molecular weight is 489 g/mol. The molecule has 0 aliphatic carbocycles. The van der Waals surface area contributed by atoms with E-state index in [1.807, 2.05) is 78.9 Å². The maximum Gasteiger partial charge on any atom is 0.257 e. The van der Waals surface area contributed by atoms with Crippen LogP contribution in [0.15, 0.2) is 95.6 Å². The summed E-state index contributed by atoms with van der Waals surface area (Å²) in [6.45, 7) is -0.0923. The number of benzene rings is 3. The van der Waals surface area contributed by atoms with Gasteiger partial charge < -0.3 is 10.2 Å². The summed E-state index contributed by atoms with van der Waals surface area (Å²) >= 11 is 3.41. The van der Waals surface area contributed by atoms with E-state index >= 15 is 0 Å². The highest BCUT2D eigenvalue weighted by atomic mass is 79.9. The lowest BCUT2D eigenvalue weighted by Crippen LogP contribution is -2.35. The monoisotopic (exact) mass is 488 g/mol. The van der Waals surface area contributed by atoms with Crippen molar-refractivity contribution in [2.45, 2.75) is 0 Å². The average Bonchev–Trinajstić information content (AvgIpc) is 3.27. The zero-order chi connectivity index (χ0) is 22.5. The second-order valence-electron chi connectivity index (χ2n) is 7.23. The molecule has 1 heterocycles. The van der Waals surface area contributed by atoms with Crippen LogP contribution in [0.1, 0.15) is 10.4 Å². The van der Waals surface area contributed by atoms with Gasteiger partial charge in [0, 0.05) is 23.3 Å². The summed E-state index contributed by atoms with van der Waals surface area (Å²) in [6, 6.07) is 26.5. The number of hydrogen-bond donors (Lipinski definition) is 1. The van der Waals surface area contributed by atoms with Crippen LogP contribution in [0.3, 0.4) is 0 Å². The molecule has 7 heteroatoms. The number of carbonyl (C=O) groups is 2. The maximum atomic E-state index is 13.3. The van der Waals surface area contributed by atoms with Gasteiger partial charge in [0.2, 0.25) is 5.91 Å². The third kappa shape index (κ3) is 4.78. The molecule has 1 aromatic heterocycles. The lowest BCUT2D eigenvalue weighted by atomic mass is 10.1. The van der Waals surface area contributed by atoms with Gasteiger partial charge in [0.05, 0.1) is 23.5 Å². The van der Waals surface area contributed by atoms with Gasteiger partial charge in [-0.2, -0.15) is 5.10 Å². The van der Waals surface area contributed by atoms with Crippen LogP contribution in [-0.4, -0.2) is 40.1 Å². The van der Waals surface area contributed by atoms with Gasteiger partial charge in [-0.3, -0.25) is 9.59 Å².